The first-order chi connectivity index (χ1) is 16.5. The van der Waals surface area contributed by atoms with Gasteiger partial charge in [0.2, 0.25) is 0 Å². The minimum Gasteiger partial charge on any atom is -0.396 e. The number of rotatable bonds is 9. The highest BCUT2D eigenvalue weighted by molar-refractivity contribution is 7.13. The van der Waals surface area contributed by atoms with Gasteiger partial charge in [0.1, 0.15) is 22.7 Å². The van der Waals surface area contributed by atoms with Crippen LogP contribution in [-0.4, -0.2) is 43.3 Å². The zero-order chi connectivity index (χ0) is 25.8. The molecule has 3 aromatic heterocycles. The van der Waals surface area contributed by atoms with E-state index in [0.717, 1.165) is 17.5 Å². The van der Waals surface area contributed by atoms with E-state index in [1.165, 1.54) is 12.5 Å². The molecular formula is C21H18Cl2F3N5O3S. The van der Waals surface area contributed by atoms with Crippen LogP contribution in [0.15, 0.2) is 24.8 Å². The zero-order valence-electron chi connectivity index (χ0n) is 18.1. The summed E-state index contributed by atoms with van der Waals surface area (Å²) in [6, 6.07) is 0.643. The molecule has 0 radical (unpaired) electrons. The highest BCUT2D eigenvalue weighted by Crippen LogP contribution is 2.35. The number of nitrogens with one attached hydrogen (secondary N) is 1. The number of hydrogen-bond acceptors (Lipinski definition) is 8. The lowest BCUT2D eigenvalue weighted by Gasteiger charge is -2.10. The van der Waals surface area contributed by atoms with Gasteiger partial charge in [-0.3, -0.25) is 9.59 Å². The molecule has 1 atom stereocenters. The Labute approximate surface area is 211 Å². The Bertz CT molecular complexity index is 1240. The van der Waals surface area contributed by atoms with Crippen LogP contribution in [0.5, 0.6) is 0 Å². The Balaban J connectivity index is 1.69. The van der Waals surface area contributed by atoms with Gasteiger partial charge >= 0.3 is 6.18 Å². The summed E-state index contributed by atoms with van der Waals surface area (Å²) in [6.45, 7) is 1.69. The largest absolute Gasteiger partial charge is 0.418 e. The van der Waals surface area contributed by atoms with Gasteiger partial charge in [-0.1, -0.05) is 30.1 Å². The molecule has 0 aliphatic rings. The number of aryl methyl sites for hydroxylation is 1. The van der Waals surface area contributed by atoms with Crippen molar-refractivity contribution in [3.63, 3.8) is 0 Å². The second-order valence-corrected chi connectivity index (χ2v) is 9.25. The Morgan fingerprint density at radius 2 is 1.91 bits per heavy atom. The molecule has 0 aromatic carbocycles. The third-order valence-corrected chi connectivity index (χ3v) is 6.69. The van der Waals surface area contributed by atoms with Gasteiger partial charge in [-0.2, -0.15) is 13.2 Å². The summed E-state index contributed by atoms with van der Waals surface area (Å²) >= 11 is 12.8. The Kier molecular flexibility index (Phi) is 8.75. The molecule has 3 rings (SSSR count). The Hall–Kier alpha value is -2.67. The second kappa shape index (κ2) is 11.4. The first-order valence-electron chi connectivity index (χ1n) is 10.1. The number of carbonyl (C=O) groups excluding carboxylic acids is 2. The number of hydrogen-bond donors (Lipinski definition) is 2. The van der Waals surface area contributed by atoms with Gasteiger partial charge in [0, 0.05) is 25.1 Å². The molecule has 0 saturated heterocycles. The molecule has 3 heterocycles. The molecule has 8 nitrogen and oxygen atoms in total. The molecule has 3 aromatic rings. The minimum absolute atomic E-state index is 0.00156. The topological polar surface area (TPSA) is 118 Å². The third kappa shape index (κ3) is 6.72. The molecule has 35 heavy (non-hydrogen) atoms. The number of aliphatic hydroxyl groups excluding tert-OH is 1. The van der Waals surface area contributed by atoms with Crippen molar-refractivity contribution in [2.75, 3.05) is 11.9 Å². The minimum atomic E-state index is -4.70. The van der Waals surface area contributed by atoms with Gasteiger partial charge < -0.3 is 10.4 Å². The van der Waals surface area contributed by atoms with E-state index in [2.05, 4.69) is 25.3 Å². The lowest BCUT2D eigenvalue weighted by atomic mass is 10.0. The maximum absolute atomic E-state index is 13.0. The number of anilines is 1. The molecule has 0 fully saturated rings. The van der Waals surface area contributed by atoms with Crippen molar-refractivity contribution in [3.8, 4) is 0 Å². The summed E-state index contributed by atoms with van der Waals surface area (Å²) in [5.41, 5.74) is -0.598. The average Bonchev–Trinajstić information content (AvgIpc) is 3.29. The monoisotopic (exact) mass is 547 g/mol. The molecule has 0 bridgehead atoms. The van der Waals surface area contributed by atoms with Crippen molar-refractivity contribution in [2.24, 2.45) is 0 Å². The summed E-state index contributed by atoms with van der Waals surface area (Å²) in [5.74, 6) is -1.77. The van der Waals surface area contributed by atoms with Gasteiger partial charge in [0.05, 0.1) is 32.5 Å². The predicted octanol–water partition coefficient (Wildman–Crippen LogP) is 5.21. The standard InChI is InChI=1S/C21H18Cl2F3N5O3S/c1-10(5-14(33)18-17(23)13(3-2-4-32)29-9-30-18)20-28-8-15(35-20)19(34)31-16-6-11(21(24,25)26)12(22)7-27-16/h6-10,32H,2-5H2,1H3,(H,27,31,34). The number of halogens is 5. The van der Waals surface area contributed by atoms with E-state index in [4.69, 9.17) is 28.3 Å². The normalized spacial score (nSPS) is 12.4. The number of amides is 1. The maximum Gasteiger partial charge on any atom is 0.418 e. The number of nitrogens with zero attached hydrogens (tertiary/aromatic N) is 4. The number of aliphatic hydroxyl groups is 1. The van der Waals surface area contributed by atoms with E-state index in [0.29, 0.717) is 29.6 Å². The first-order valence-corrected chi connectivity index (χ1v) is 11.7. The molecule has 2 N–H and O–H groups in total. The van der Waals surface area contributed by atoms with Crippen LogP contribution >= 0.6 is 34.5 Å². The highest BCUT2D eigenvalue weighted by atomic mass is 35.5. The molecule has 0 aliphatic carbocycles. The number of thiazole rings is 1. The summed E-state index contributed by atoms with van der Waals surface area (Å²) < 4.78 is 39.1. The molecule has 1 unspecified atom stereocenters. The number of pyridine rings is 1. The molecular weight excluding hydrogens is 530 g/mol. The first kappa shape index (κ1) is 26.9. The fourth-order valence-corrected chi connectivity index (χ4v) is 4.38. The van der Waals surface area contributed by atoms with Gasteiger partial charge in [-0.05, 0) is 18.9 Å². The number of aromatic nitrogens is 4. The second-order valence-electron chi connectivity index (χ2n) is 7.40. The molecule has 0 aliphatic heterocycles. The van der Waals surface area contributed by atoms with Gasteiger partial charge in [0.15, 0.2) is 5.78 Å². The summed E-state index contributed by atoms with van der Waals surface area (Å²) in [6.07, 6.45) is -0.568. The van der Waals surface area contributed by atoms with Gasteiger partial charge in [-0.25, -0.2) is 19.9 Å². The van der Waals surface area contributed by atoms with Crippen LogP contribution in [0.2, 0.25) is 10.0 Å². The van der Waals surface area contributed by atoms with Crippen LogP contribution in [0.4, 0.5) is 19.0 Å². The molecule has 0 spiro atoms. The Morgan fingerprint density at radius 3 is 2.60 bits per heavy atom. The quantitative estimate of drug-likeness (QED) is 0.353. The summed E-state index contributed by atoms with van der Waals surface area (Å²) in [5, 5.41) is 11.3. The van der Waals surface area contributed by atoms with E-state index in [1.807, 2.05) is 0 Å². The third-order valence-electron chi connectivity index (χ3n) is 4.76. The van der Waals surface area contributed by atoms with Gasteiger partial charge in [-0.15, -0.1) is 11.3 Å². The van der Waals surface area contributed by atoms with E-state index >= 15 is 0 Å². The number of carbonyl (C=O) groups is 2. The van der Waals surface area contributed by atoms with Crippen molar-refractivity contribution in [1.82, 2.24) is 19.9 Å². The zero-order valence-corrected chi connectivity index (χ0v) is 20.4. The molecule has 14 heteroatoms. The summed E-state index contributed by atoms with van der Waals surface area (Å²) in [7, 11) is 0. The number of alkyl halides is 3. The van der Waals surface area contributed by atoms with E-state index < -0.39 is 28.6 Å². The van der Waals surface area contributed by atoms with Crippen molar-refractivity contribution in [1.29, 1.82) is 0 Å². The van der Waals surface area contributed by atoms with E-state index in [1.54, 1.807) is 6.92 Å². The predicted molar refractivity (Wildman–Crippen MR) is 124 cm³/mol. The lowest BCUT2D eigenvalue weighted by molar-refractivity contribution is -0.137. The van der Waals surface area contributed by atoms with Crippen LogP contribution in [0, 0.1) is 0 Å². The van der Waals surface area contributed by atoms with Crippen molar-refractivity contribution in [3.05, 3.63) is 61.7 Å². The molecule has 1 amide bonds. The SMILES string of the molecule is CC(CC(=O)c1ncnc(CCCO)c1Cl)c1ncc(C(=O)Nc2cc(C(F)(F)F)c(Cl)cn2)s1. The fourth-order valence-electron chi connectivity index (χ4n) is 3.01. The lowest BCUT2D eigenvalue weighted by Crippen LogP contribution is -2.13. The molecule has 186 valence electrons. The summed E-state index contributed by atoms with van der Waals surface area (Å²) in [4.78, 5) is 41.3. The smallest absolute Gasteiger partial charge is 0.396 e. The van der Waals surface area contributed by atoms with Crippen molar-refractivity contribution < 1.29 is 27.9 Å². The number of ketones is 1. The fraction of sp³-hybridized carbons (Fsp3) is 0.333. The number of Topliss-reactive ketones (excluding diaryl/α,β-unsaturated/α-hetero) is 1. The maximum atomic E-state index is 13.0. The van der Waals surface area contributed by atoms with Gasteiger partial charge in [0.25, 0.3) is 5.91 Å². The van der Waals surface area contributed by atoms with Crippen LogP contribution in [0.1, 0.15) is 62.1 Å². The molecule has 0 saturated carbocycles. The average molecular weight is 548 g/mol. The van der Waals surface area contributed by atoms with Crippen LogP contribution in [0.3, 0.4) is 0 Å². The van der Waals surface area contributed by atoms with Crippen LogP contribution in [0.25, 0.3) is 0 Å². The van der Waals surface area contributed by atoms with Crippen LogP contribution in [-0.2, 0) is 12.6 Å². The highest BCUT2D eigenvalue weighted by Gasteiger charge is 2.34. The van der Waals surface area contributed by atoms with Crippen molar-refractivity contribution >= 4 is 52.0 Å². The van der Waals surface area contributed by atoms with E-state index in [9.17, 15) is 22.8 Å². The van der Waals surface area contributed by atoms with Crippen molar-refractivity contribution in [2.45, 2.75) is 38.3 Å². The van der Waals surface area contributed by atoms with Crippen LogP contribution < -0.4 is 5.32 Å². The Morgan fingerprint density at radius 1 is 1.17 bits per heavy atom. The van der Waals surface area contributed by atoms with E-state index in [-0.39, 0.29) is 40.2 Å².